The first-order valence-electron chi connectivity index (χ1n) is 5.74. The maximum absolute atomic E-state index is 12.0. The molecule has 0 bridgehead atoms. The highest BCUT2D eigenvalue weighted by molar-refractivity contribution is 6.01. The first-order valence-corrected chi connectivity index (χ1v) is 5.74. The number of benzene rings is 1. The number of Topliss-reactive ketones (excluding diaryl/α,β-unsaturated/α-hetero) is 1. The van der Waals surface area contributed by atoms with Gasteiger partial charge in [0, 0.05) is 5.56 Å². The van der Waals surface area contributed by atoms with Crippen LogP contribution in [0.25, 0.3) is 0 Å². The van der Waals surface area contributed by atoms with Gasteiger partial charge in [-0.3, -0.25) is 9.59 Å². The number of nitrogens with one attached hydrogen (secondary N) is 1. The summed E-state index contributed by atoms with van der Waals surface area (Å²) < 4.78 is 5.27. The van der Waals surface area contributed by atoms with Crippen molar-refractivity contribution in [2.24, 2.45) is 0 Å². The van der Waals surface area contributed by atoms with E-state index in [1.807, 2.05) is 6.92 Å². The second-order valence-corrected chi connectivity index (χ2v) is 3.76. The number of carboxylic acids is 1. The minimum Gasteiger partial charge on any atom is -0.494 e. The molecule has 0 fully saturated rings. The smallest absolute Gasteiger partial charge is 0.305 e. The van der Waals surface area contributed by atoms with Crippen LogP contribution in [0.3, 0.4) is 0 Å². The average molecular weight is 251 g/mol. The van der Waals surface area contributed by atoms with Crippen molar-refractivity contribution in [1.82, 2.24) is 5.32 Å². The molecule has 18 heavy (non-hydrogen) atoms. The van der Waals surface area contributed by atoms with Crippen molar-refractivity contribution >= 4 is 11.8 Å². The molecular formula is C13H17NO4. The van der Waals surface area contributed by atoms with E-state index in [-0.39, 0.29) is 12.2 Å². The molecule has 5 nitrogen and oxygen atoms in total. The highest BCUT2D eigenvalue weighted by Gasteiger charge is 2.21. The van der Waals surface area contributed by atoms with Crippen LogP contribution in [0.15, 0.2) is 24.3 Å². The van der Waals surface area contributed by atoms with Crippen LogP contribution in [0.1, 0.15) is 23.7 Å². The molecule has 0 saturated carbocycles. The molecule has 0 radical (unpaired) electrons. The fourth-order valence-corrected chi connectivity index (χ4v) is 1.58. The van der Waals surface area contributed by atoms with E-state index in [9.17, 15) is 9.59 Å². The SMILES string of the molecule is CCOc1ccc(C(=O)C(CC(=O)O)NC)cc1. The second-order valence-electron chi connectivity index (χ2n) is 3.76. The summed E-state index contributed by atoms with van der Waals surface area (Å²) in [5, 5.41) is 11.4. The second kappa shape index (κ2) is 6.76. The number of ketones is 1. The summed E-state index contributed by atoms with van der Waals surface area (Å²) in [6, 6.07) is 5.97. The third kappa shape index (κ3) is 3.85. The number of carbonyl (C=O) groups is 2. The zero-order chi connectivity index (χ0) is 13.5. The maximum atomic E-state index is 12.0. The normalized spacial score (nSPS) is 11.9. The van der Waals surface area contributed by atoms with Crippen LogP contribution in [-0.2, 0) is 4.79 Å². The highest BCUT2D eigenvalue weighted by Crippen LogP contribution is 2.14. The summed E-state index contributed by atoms with van der Waals surface area (Å²) in [7, 11) is 1.57. The Balaban J connectivity index is 2.78. The molecule has 0 amide bonds. The van der Waals surface area contributed by atoms with Gasteiger partial charge in [-0.2, -0.15) is 0 Å². The topological polar surface area (TPSA) is 75.6 Å². The van der Waals surface area contributed by atoms with Crippen LogP contribution in [0.2, 0.25) is 0 Å². The average Bonchev–Trinajstić information content (AvgIpc) is 2.36. The van der Waals surface area contributed by atoms with Crippen molar-refractivity contribution in [3.63, 3.8) is 0 Å². The summed E-state index contributed by atoms with van der Waals surface area (Å²) in [6.45, 7) is 2.44. The molecule has 98 valence electrons. The number of hydrogen-bond donors (Lipinski definition) is 2. The van der Waals surface area contributed by atoms with Gasteiger partial charge < -0.3 is 15.2 Å². The van der Waals surface area contributed by atoms with Crippen LogP contribution >= 0.6 is 0 Å². The lowest BCUT2D eigenvalue weighted by molar-refractivity contribution is -0.137. The molecule has 2 N–H and O–H groups in total. The fourth-order valence-electron chi connectivity index (χ4n) is 1.58. The standard InChI is InChI=1S/C13H17NO4/c1-3-18-10-6-4-9(5-7-10)13(17)11(14-2)8-12(15)16/h4-7,11,14H,3,8H2,1-2H3,(H,15,16). The molecule has 1 atom stereocenters. The largest absolute Gasteiger partial charge is 0.494 e. The fraction of sp³-hybridized carbons (Fsp3) is 0.385. The van der Waals surface area contributed by atoms with E-state index < -0.39 is 12.0 Å². The zero-order valence-corrected chi connectivity index (χ0v) is 10.5. The van der Waals surface area contributed by atoms with Crippen molar-refractivity contribution in [1.29, 1.82) is 0 Å². The van der Waals surface area contributed by atoms with Gasteiger partial charge in [-0.1, -0.05) is 0 Å². The quantitative estimate of drug-likeness (QED) is 0.715. The maximum Gasteiger partial charge on any atom is 0.305 e. The molecule has 0 saturated heterocycles. The van der Waals surface area contributed by atoms with Crippen LogP contribution in [0.5, 0.6) is 5.75 Å². The van der Waals surface area contributed by atoms with E-state index in [0.29, 0.717) is 17.9 Å². The van der Waals surface area contributed by atoms with Gasteiger partial charge in [0.25, 0.3) is 0 Å². The zero-order valence-electron chi connectivity index (χ0n) is 10.5. The van der Waals surface area contributed by atoms with Crippen LogP contribution in [0, 0.1) is 0 Å². The molecule has 0 aliphatic carbocycles. The molecule has 0 heterocycles. The van der Waals surface area contributed by atoms with Crippen LogP contribution in [0.4, 0.5) is 0 Å². The van der Waals surface area contributed by atoms with E-state index in [4.69, 9.17) is 9.84 Å². The van der Waals surface area contributed by atoms with Gasteiger partial charge in [-0.05, 0) is 38.2 Å². The number of carboxylic acid groups (broad SMARTS) is 1. The molecule has 0 aliphatic rings. The lowest BCUT2D eigenvalue weighted by atomic mass is 10.0. The van der Waals surface area contributed by atoms with Gasteiger partial charge in [0.05, 0.1) is 19.1 Å². The van der Waals surface area contributed by atoms with E-state index in [2.05, 4.69) is 5.32 Å². The number of hydrogen-bond acceptors (Lipinski definition) is 4. The molecule has 0 spiro atoms. The first-order chi connectivity index (χ1) is 8.58. The monoisotopic (exact) mass is 251 g/mol. The Morgan fingerprint density at radius 2 is 1.94 bits per heavy atom. The number of likely N-dealkylation sites (N-methyl/N-ethyl adjacent to an activating group) is 1. The molecule has 0 aromatic heterocycles. The molecule has 1 aromatic rings. The van der Waals surface area contributed by atoms with E-state index in [0.717, 1.165) is 0 Å². The van der Waals surface area contributed by atoms with Gasteiger partial charge in [0.1, 0.15) is 5.75 Å². The summed E-state index contributed by atoms with van der Waals surface area (Å²) >= 11 is 0. The Morgan fingerprint density at radius 1 is 1.33 bits per heavy atom. The Kier molecular flexibility index (Phi) is 5.32. The molecule has 0 aliphatic heterocycles. The van der Waals surface area contributed by atoms with Crippen molar-refractivity contribution in [2.75, 3.05) is 13.7 Å². The van der Waals surface area contributed by atoms with Gasteiger partial charge in [-0.25, -0.2) is 0 Å². The van der Waals surface area contributed by atoms with E-state index >= 15 is 0 Å². The third-order valence-corrected chi connectivity index (χ3v) is 2.49. The van der Waals surface area contributed by atoms with Gasteiger partial charge in [0.2, 0.25) is 0 Å². The number of rotatable bonds is 7. The first kappa shape index (κ1) is 14.2. The van der Waals surface area contributed by atoms with Crippen LogP contribution < -0.4 is 10.1 Å². The highest BCUT2D eigenvalue weighted by atomic mass is 16.5. The van der Waals surface area contributed by atoms with Crippen molar-refractivity contribution in [2.45, 2.75) is 19.4 Å². The minimum atomic E-state index is -1.01. The summed E-state index contributed by atoms with van der Waals surface area (Å²) in [4.78, 5) is 22.6. The Bertz CT molecular complexity index is 414. The van der Waals surface area contributed by atoms with E-state index in [1.54, 1.807) is 31.3 Å². The molecule has 1 aromatic carbocycles. The van der Waals surface area contributed by atoms with Crippen molar-refractivity contribution in [3.8, 4) is 5.75 Å². The number of aliphatic carboxylic acids is 1. The van der Waals surface area contributed by atoms with E-state index in [1.165, 1.54) is 0 Å². The van der Waals surface area contributed by atoms with Crippen LogP contribution in [-0.4, -0.2) is 36.6 Å². The lowest BCUT2D eigenvalue weighted by Gasteiger charge is -2.12. The predicted octanol–water partition coefficient (Wildman–Crippen LogP) is 1.33. The molecule has 1 rings (SSSR count). The Morgan fingerprint density at radius 3 is 2.39 bits per heavy atom. The summed E-state index contributed by atoms with van der Waals surface area (Å²) in [6.07, 6.45) is -0.234. The molecule has 1 unspecified atom stereocenters. The predicted molar refractivity (Wildman–Crippen MR) is 67.0 cm³/mol. The van der Waals surface area contributed by atoms with Crippen molar-refractivity contribution in [3.05, 3.63) is 29.8 Å². The van der Waals surface area contributed by atoms with Gasteiger partial charge in [0.15, 0.2) is 5.78 Å². The van der Waals surface area contributed by atoms with Gasteiger partial charge >= 0.3 is 5.97 Å². The number of carbonyl (C=O) groups excluding carboxylic acids is 1. The number of ether oxygens (including phenoxy) is 1. The Labute approximate surface area is 106 Å². The minimum absolute atomic E-state index is 0.233. The summed E-state index contributed by atoms with van der Waals surface area (Å²) in [5.41, 5.74) is 0.471. The molecule has 5 heteroatoms. The Hall–Kier alpha value is -1.88. The van der Waals surface area contributed by atoms with Crippen molar-refractivity contribution < 1.29 is 19.4 Å². The molecular weight excluding hydrogens is 234 g/mol. The third-order valence-electron chi connectivity index (χ3n) is 2.49. The summed E-state index contributed by atoms with van der Waals surface area (Å²) in [5.74, 6) is -0.551. The lowest BCUT2D eigenvalue weighted by Crippen LogP contribution is -2.36. The van der Waals surface area contributed by atoms with Gasteiger partial charge in [-0.15, -0.1) is 0 Å².